The molecule has 0 saturated carbocycles. The van der Waals surface area contributed by atoms with Crippen molar-refractivity contribution in [2.75, 3.05) is 11.2 Å². The molecule has 16 heavy (non-hydrogen) atoms. The molecule has 3 N–H and O–H groups in total. The SMILES string of the molecule is Nc1ccccc1C=NNc1ccccn1. The minimum Gasteiger partial charge on any atom is -0.398 e. The van der Waals surface area contributed by atoms with Gasteiger partial charge in [-0.2, -0.15) is 5.10 Å². The molecule has 0 spiro atoms. The zero-order chi connectivity index (χ0) is 11.2. The molecule has 0 unspecified atom stereocenters. The fraction of sp³-hybridized carbons (Fsp3) is 0. The first-order valence-corrected chi connectivity index (χ1v) is 4.91. The lowest BCUT2D eigenvalue weighted by Crippen LogP contribution is -1.95. The van der Waals surface area contributed by atoms with Gasteiger partial charge in [0.2, 0.25) is 0 Å². The minimum absolute atomic E-state index is 0.702. The number of nitrogen functional groups attached to an aromatic ring is 1. The predicted molar refractivity (Wildman–Crippen MR) is 66.3 cm³/mol. The number of aromatic nitrogens is 1. The van der Waals surface area contributed by atoms with E-state index in [1.54, 1.807) is 12.4 Å². The fourth-order valence-corrected chi connectivity index (χ4v) is 1.23. The third-order valence-electron chi connectivity index (χ3n) is 2.04. The van der Waals surface area contributed by atoms with Crippen LogP contribution in [0, 0.1) is 0 Å². The van der Waals surface area contributed by atoms with Crippen LogP contribution in [0.25, 0.3) is 0 Å². The summed E-state index contributed by atoms with van der Waals surface area (Å²) in [6.07, 6.45) is 3.37. The Bertz CT molecular complexity index is 479. The van der Waals surface area contributed by atoms with Crippen molar-refractivity contribution in [3.8, 4) is 0 Å². The summed E-state index contributed by atoms with van der Waals surface area (Å²) in [5.74, 6) is 0.702. The van der Waals surface area contributed by atoms with Crippen molar-refractivity contribution >= 4 is 17.7 Å². The maximum absolute atomic E-state index is 5.77. The molecular weight excluding hydrogens is 200 g/mol. The normalized spacial score (nSPS) is 10.5. The molecule has 1 aromatic heterocycles. The molecule has 0 atom stereocenters. The van der Waals surface area contributed by atoms with E-state index in [0.717, 1.165) is 5.56 Å². The standard InChI is InChI=1S/C12H12N4/c13-11-6-2-1-5-10(11)9-15-16-12-7-3-4-8-14-12/h1-9H,13H2,(H,14,16). The van der Waals surface area contributed by atoms with Crippen LogP contribution in [0.5, 0.6) is 0 Å². The molecule has 0 amide bonds. The van der Waals surface area contributed by atoms with E-state index < -0.39 is 0 Å². The van der Waals surface area contributed by atoms with Crippen molar-refractivity contribution in [2.24, 2.45) is 5.10 Å². The number of nitrogens with one attached hydrogen (secondary N) is 1. The molecule has 0 radical (unpaired) electrons. The monoisotopic (exact) mass is 212 g/mol. The summed E-state index contributed by atoms with van der Waals surface area (Å²) in [6.45, 7) is 0. The Balaban J connectivity index is 2.03. The molecule has 2 rings (SSSR count). The van der Waals surface area contributed by atoms with E-state index in [-0.39, 0.29) is 0 Å². The van der Waals surface area contributed by atoms with E-state index in [2.05, 4.69) is 15.5 Å². The van der Waals surface area contributed by atoms with E-state index in [4.69, 9.17) is 5.73 Å². The molecule has 0 aliphatic rings. The van der Waals surface area contributed by atoms with Crippen LogP contribution in [0.4, 0.5) is 11.5 Å². The molecule has 4 nitrogen and oxygen atoms in total. The second-order valence-electron chi connectivity index (χ2n) is 3.21. The number of nitrogens with zero attached hydrogens (tertiary/aromatic N) is 2. The van der Waals surface area contributed by atoms with Crippen LogP contribution in [0.2, 0.25) is 0 Å². The van der Waals surface area contributed by atoms with E-state index in [0.29, 0.717) is 11.5 Å². The highest BCUT2D eigenvalue weighted by atomic mass is 15.3. The predicted octanol–water partition coefficient (Wildman–Crippen LogP) is 2.11. The van der Waals surface area contributed by atoms with Crippen LogP contribution < -0.4 is 11.2 Å². The number of rotatable bonds is 3. The first kappa shape index (κ1) is 10.2. The third-order valence-corrected chi connectivity index (χ3v) is 2.04. The van der Waals surface area contributed by atoms with E-state index in [1.807, 2.05) is 42.5 Å². The maximum atomic E-state index is 5.77. The van der Waals surface area contributed by atoms with Crippen LogP contribution in [-0.4, -0.2) is 11.2 Å². The summed E-state index contributed by atoms with van der Waals surface area (Å²) in [5, 5.41) is 4.06. The van der Waals surface area contributed by atoms with Crippen molar-refractivity contribution in [1.82, 2.24) is 4.98 Å². The molecule has 0 aliphatic heterocycles. The summed E-state index contributed by atoms with van der Waals surface area (Å²) in [6, 6.07) is 13.1. The lowest BCUT2D eigenvalue weighted by molar-refractivity contribution is 1.23. The minimum atomic E-state index is 0.702. The first-order valence-electron chi connectivity index (χ1n) is 4.91. The van der Waals surface area contributed by atoms with Gasteiger partial charge < -0.3 is 5.73 Å². The third kappa shape index (κ3) is 2.57. The maximum Gasteiger partial charge on any atom is 0.146 e. The molecule has 1 heterocycles. The Morgan fingerprint density at radius 1 is 1.12 bits per heavy atom. The Morgan fingerprint density at radius 2 is 1.94 bits per heavy atom. The van der Waals surface area contributed by atoms with Gasteiger partial charge >= 0.3 is 0 Å². The molecule has 4 heteroatoms. The number of hydrazone groups is 1. The van der Waals surface area contributed by atoms with Crippen LogP contribution >= 0.6 is 0 Å². The molecule has 0 saturated heterocycles. The lowest BCUT2D eigenvalue weighted by Gasteiger charge is -1.99. The topological polar surface area (TPSA) is 63.3 Å². The van der Waals surface area contributed by atoms with Crippen LogP contribution in [0.1, 0.15) is 5.56 Å². The van der Waals surface area contributed by atoms with E-state index >= 15 is 0 Å². The molecule has 0 aliphatic carbocycles. The van der Waals surface area contributed by atoms with Gasteiger partial charge in [0, 0.05) is 17.4 Å². The Hall–Kier alpha value is -2.36. The molecule has 1 aromatic carbocycles. The second-order valence-corrected chi connectivity index (χ2v) is 3.21. The number of hydrogen-bond acceptors (Lipinski definition) is 4. The lowest BCUT2D eigenvalue weighted by atomic mass is 10.2. The summed E-state index contributed by atoms with van der Waals surface area (Å²) in [4.78, 5) is 4.08. The summed E-state index contributed by atoms with van der Waals surface area (Å²) < 4.78 is 0. The zero-order valence-electron chi connectivity index (χ0n) is 8.67. The van der Waals surface area contributed by atoms with Crippen molar-refractivity contribution in [2.45, 2.75) is 0 Å². The van der Waals surface area contributed by atoms with Crippen molar-refractivity contribution in [1.29, 1.82) is 0 Å². The van der Waals surface area contributed by atoms with Crippen molar-refractivity contribution < 1.29 is 0 Å². The Morgan fingerprint density at radius 3 is 2.69 bits per heavy atom. The molecular formula is C12H12N4. The summed E-state index contributed by atoms with van der Waals surface area (Å²) >= 11 is 0. The Kier molecular flexibility index (Phi) is 3.13. The average molecular weight is 212 g/mol. The molecule has 80 valence electrons. The van der Waals surface area contributed by atoms with Gasteiger partial charge in [-0.05, 0) is 18.2 Å². The number of nitrogens with two attached hydrogens (primary N) is 1. The first-order chi connectivity index (χ1) is 7.86. The molecule has 0 bridgehead atoms. The number of para-hydroxylation sites is 1. The van der Waals surface area contributed by atoms with Crippen LogP contribution in [0.3, 0.4) is 0 Å². The van der Waals surface area contributed by atoms with Gasteiger partial charge in [-0.1, -0.05) is 24.3 Å². The van der Waals surface area contributed by atoms with Gasteiger partial charge in [-0.3, -0.25) is 5.43 Å². The number of pyridine rings is 1. The average Bonchev–Trinajstić information content (AvgIpc) is 2.33. The van der Waals surface area contributed by atoms with Gasteiger partial charge in [0.1, 0.15) is 5.82 Å². The van der Waals surface area contributed by atoms with Crippen molar-refractivity contribution in [3.63, 3.8) is 0 Å². The van der Waals surface area contributed by atoms with Crippen molar-refractivity contribution in [3.05, 3.63) is 54.2 Å². The molecule has 0 fully saturated rings. The quantitative estimate of drug-likeness (QED) is 0.465. The fourth-order valence-electron chi connectivity index (χ4n) is 1.23. The van der Waals surface area contributed by atoms with E-state index in [9.17, 15) is 0 Å². The van der Waals surface area contributed by atoms with Crippen LogP contribution in [0.15, 0.2) is 53.8 Å². The van der Waals surface area contributed by atoms with Gasteiger partial charge in [0.05, 0.1) is 6.21 Å². The highest BCUT2D eigenvalue weighted by molar-refractivity contribution is 5.87. The number of benzene rings is 1. The second kappa shape index (κ2) is 4.93. The zero-order valence-corrected chi connectivity index (χ0v) is 8.67. The van der Waals surface area contributed by atoms with Gasteiger partial charge in [0.25, 0.3) is 0 Å². The highest BCUT2D eigenvalue weighted by Crippen LogP contribution is 2.07. The van der Waals surface area contributed by atoms with Gasteiger partial charge in [-0.25, -0.2) is 4.98 Å². The van der Waals surface area contributed by atoms with Gasteiger partial charge in [-0.15, -0.1) is 0 Å². The van der Waals surface area contributed by atoms with E-state index in [1.165, 1.54) is 0 Å². The summed E-state index contributed by atoms with van der Waals surface area (Å²) in [5.41, 5.74) is 10.2. The number of anilines is 2. The van der Waals surface area contributed by atoms with Gasteiger partial charge in [0.15, 0.2) is 0 Å². The van der Waals surface area contributed by atoms with Crippen LogP contribution in [-0.2, 0) is 0 Å². The number of hydrogen-bond donors (Lipinski definition) is 2. The Labute approximate surface area is 93.8 Å². The molecule has 2 aromatic rings. The summed E-state index contributed by atoms with van der Waals surface area (Å²) in [7, 11) is 0. The largest absolute Gasteiger partial charge is 0.398 e. The smallest absolute Gasteiger partial charge is 0.146 e. The highest BCUT2D eigenvalue weighted by Gasteiger charge is 1.92.